The Kier molecular flexibility index (Phi) is 4.68. The molecule has 1 aromatic rings. The first-order chi connectivity index (χ1) is 9.86. The Morgan fingerprint density at radius 3 is 3.00 bits per heavy atom. The van der Waals surface area contributed by atoms with Crippen molar-refractivity contribution in [1.82, 2.24) is 20.1 Å². The molecule has 3 heterocycles. The fourth-order valence-electron chi connectivity index (χ4n) is 3.30. The zero-order valence-corrected chi connectivity index (χ0v) is 12.5. The van der Waals surface area contributed by atoms with E-state index in [4.69, 9.17) is 4.74 Å². The minimum atomic E-state index is 0.434. The number of fused-ring (bicyclic) bond motifs is 1. The summed E-state index contributed by atoms with van der Waals surface area (Å²) in [4.78, 5) is 0. The molecule has 1 aromatic heterocycles. The van der Waals surface area contributed by atoms with Gasteiger partial charge in [0.25, 0.3) is 0 Å². The Balaban J connectivity index is 1.45. The lowest BCUT2D eigenvalue weighted by Gasteiger charge is -2.27. The van der Waals surface area contributed by atoms with Crippen LogP contribution in [0.2, 0.25) is 0 Å². The van der Waals surface area contributed by atoms with E-state index in [-0.39, 0.29) is 0 Å². The topological polar surface area (TPSA) is 52.0 Å². The Hall–Kier alpha value is -0.940. The van der Waals surface area contributed by atoms with Crippen molar-refractivity contribution in [3.05, 3.63) is 11.6 Å². The maximum atomic E-state index is 5.76. The third-order valence-electron chi connectivity index (χ3n) is 4.52. The summed E-state index contributed by atoms with van der Waals surface area (Å²) in [5, 5.41) is 12.2. The van der Waals surface area contributed by atoms with Gasteiger partial charge in [-0.15, -0.1) is 10.2 Å². The molecule has 0 aliphatic carbocycles. The zero-order valence-electron chi connectivity index (χ0n) is 12.5. The summed E-state index contributed by atoms with van der Waals surface area (Å²) in [6, 6.07) is 0. The molecular weight excluding hydrogens is 252 g/mol. The summed E-state index contributed by atoms with van der Waals surface area (Å²) in [6.45, 7) is 6.26. The van der Waals surface area contributed by atoms with E-state index in [1.807, 2.05) is 0 Å². The van der Waals surface area contributed by atoms with Crippen LogP contribution in [0.4, 0.5) is 0 Å². The van der Waals surface area contributed by atoms with Gasteiger partial charge < -0.3 is 14.6 Å². The van der Waals surface area contributed by atoms with Crippen molar-refractivity contribution in [2.75, 3.05) is 19.7 Å². The highest BCUT2D eigenvalue weighted by Crippen LogP contribution is 2.20. The van der Waals surface area contributed by atoms with E-state index in [2.05, 4.69) is 27.0 Å². The first kappa shape index (κ1) is 14.0. The number of nitrogens with one attached hydrogen (secondary N) is 1. The lowest BCUT2D eigenvalue weighted by molar-refractivity contribution is 0.0163. The van der Waals surface area contributed by atoms with Gasteiger partial charge in [0.15, 0.2) is 0 Å². The number of ether oxygens (including phenoxy) is 1. The lowest BCUT2D eigenvalue weighted by Crippen LogP contribution is -2.36. The van der Waals surface area contributed by atoms with Gasteiger partial charge in [0.2, 0.25) is 0 Å². The van der Waals surface area contributed by atoms with E-state index in [1.165, 1.54) is 31.5 Å². The summed E-state index contributed by atoms with van der Waals surface area (Å²) >= 11 is 0. The molecule has 112 valence electrons. The molecule has 0 bridgehead atoms. The average Bonchev–Trinajstić information content (AvgIpc) is 2.91. The standard InChI is InChI=1S/C15H26N4O/c1-2-14-17-18-15-7-6-12(11-19(14)15)9-16-10-13-5-3-4-8-20-13/h12-13,16H,2-11H2,1H3. The monoisotopic (exact) mass is 278 g/mol. The van der Waals surface area contributed by atoms with Gasteiger partial charge in [-0.3, -0.25) is 0 Å². The molecule has 2 aliphatic heterocycles. The Morgan fingerprint density at radius 1 is 1.25 bits per heavy atom. The number of hydrogen-bond acceptors (Lipinski definition) is 4. The molecule has 0 aromatic carbocycles. The number of nitrogens with zero attached hydrogens (tertiary/aromatic N) is 3. The van der Waals surface area contributed by atoms with Crippen LogP contribution in [0.5, 0.6) is 0 Å². The highest BCUT2D eigenvalue weighted by molar-refractivity contribution is 5.00. The van der Waals surface area contributed by atoms with E-state index in [0.29, 0.717) is 12.0 Å². The van der Waals surface area contributed by atoms with Crippen LogP contribution in [0.1, 0.15) is 44.3 Å². The Bertz CT molecular complexity index is 412. The molecule has 0 radical (unpaired) electrons. The fraction of sp³-hybridized carbons (Fsp3) is 0.867. The molecule has 20 heavy (non-hydrogen) atoms. The highest BCUT2D eigenvalue weighted by Gasteiger charge is 2.22. The number of rotatable bonds is 5. The quantitative estimate of drug-likeness (QED) is 0.888. The second kappa shape index (κ2) is 6.68. The first-order valence-corrected chi connectivity index (χ1v) is 8.10. The normalized spacial score (nSPS) is 26.4. The van der Waals surface area contributed by atoms with Crippen LogP contribution in [0.3, 0.4) is 0 Å². The van der Waals surface area contributed by atoms with Gasteiger partial charge in [-0.2, -0.15) is 0 Å². The minimum Gasteiger partial charge on any atom is -0.377 e. The van der Waals surface area contributed by atoms with E-state index in [1.54, 1.807) is 0 Å². The molecule has 3 rings (SSSR count). The van der Waals surface area contributed by atoms with Crippen LogP contribution in [0, 0.1) is 5.92 Å². The SMILES string of the molecule is CCc1nnc2n1CC(CNCC1CCCCO1)CC2. The van der Waals surface area contributed by atoms with Gasteiger partial charge in [-0.1, -0.05) is 6.92 Å². The molecule has 5 nitrogen and oxygen atoms in total. The second-order valence-electron chi connectivity index (χ2n) is 6.05. The van der Waals surface area contributed by atoms with Crippen LogP contribution < -0.4 is 5.32 Å². The van der Waals surface area contributed by atoms with Crippen molar-refractivity contribution in [3.8, 4) is 0 Å². The molecule has 1 saturated heterocycles. The van der Waals surface area contributed by atoms with Gasteiger partial charge in [-0.05, 0) is 38.1 Å². The Labute approximate surface area is 121 Å². The van der Waals surface area contributed by atoms with Crippen LogP contribution in [-0.4, -0.2) is 40.6 Å². The first-order valence-electron chi connectivity index (χ1n) is 8.10. The second-order valence-corrected chi connectivity index (χ2v) is 6.05. The van der Waals surface area contributed by atoms with Gasteiger partial charge in [0.1, 0.15) is 11.6 Å². The zero-order chi connectivity index (χ0) is 13.8. The van der Waals surface area contributed by atoms with Crippen LogP contribution in [0.25, 0.3) is 0 Å². The molecule has 1 N–H and O–H groups in total. The predicted octanol–water partition coefficient (Wildman–Crippen LogP) is 1.56. The lowest BCUT2D eigenvalue weighted by atomic mass is 9.99. The highest BCUT2D eigenvalue weighted by atomic mass is 16.5. The maximum Gasteiger partial charge on any atom is 0.133 e. The molecule has 5 heteroatoms. The molecule has 2 aliphatic rings. The third-order valence-corrected chi connectivity index (χ3v) is 4.52. The van der Waals surface area contributed by atoms with Crippen molar-refractivity contribution < 1.29 is 4.74 Å². The third kappa shape index (κ3) is 3.20. The number of aromatic nitrogens is 3. The largest absolute Gasteiger partial charge is 0.377 e. The van der Waals surface area contributed by atoms with Gasteiger partial charge in [0, 0.05) is 32.5 Å². The molecule has 0 amide bonds. The molecular formula is C15H26N4O. The van der Waals surface area contributed by atoms with Crippen molar-refractivity contribution in [1.29, 1.82) is 0 Å². The van der Waals surface area contributed by atoms with Crippen molar-refractivity contribution in [3.63, 3.8) is 0 Å². The number of aryl methyl sites for hydroxylation is 2. The predicted molar refractivity (Wildman–Crippen MR) is 77.7 cm³/mol. The molecule has 2 atom stereocenters. The fourth-order valence-corrected chi connectivity index (χ4v) is 3.30. The summed E-state index contributed by atoms with van der Waals surface area (Å²) in [5.74, 6) is 3.02. The van der Waals surface area contributed by atoms with Gasteiger partial charge in [0.05, 0.1) is 6.10 Å². The van der Waals surface area contributed by atoms with Crippen LogP contribution in [0.15, 0.2) is 0 Å². The summed E-state index contributed by atoms with van der Waals surface area (Å²) in [6.07, 6.45) is 7.47. The summed E-state index contributed by atoms with van der Waals surface area (Å²) in [7, 11) is 0. The molecule has 0 spiro atoms. The smallest absolute Gasteiger partial charge is 0.133 e. The van der Waals surface area contributed by atoms with E-state index < -0.39 is 0 Å². The van der Waals surface area contributed by atoms with E-state index in [9.17, 15) is 0 Å². The van der Waals surface area contributed by atoms with Crippen molar-refractivity contribution in [2.45, 2.75) is 58.1 Å². The minimum absolute atomic E-state index is 0.434. The molecule has 1 fully saturated rings. The van der Waals surface area contributed by atoms with Crippen molar-refractivity contribution in [2.24, 2.45) is 5.92 Å². The summed E-state index contributed by atoms with van der Waals surface area (Å²) in [5.41, 5.74) is 0. The maximum absolute atomic E-state index is 5.76. The van der Waals surface area contributed by atoms with E-state index >= 15 is 0 Å². The van der Waals surface area contributed by atoms with Crippen LogP contribution in [-0.2, 0) is 24.1 Å². The van der Waals surface area contributed by atoms with Crippen LogP contribution >= 0.6 is 0 Å². The summed E-state index contributed by atoms with van der Waals surface area (Å²) < 4.78 is 8.09. The number of hydrogen-bond donors (Lipinski definition) is 1. The Morgan fingerprint density at radius 2 is 2.20 bits per heavy atom. The molecule has 0 saturated carbocycles. The van der Waals surface area contributed by atoms with Gasteiger partial charge in [-0.25, -0.2) is 0 Å². The molecule has 2 unspecified atom stereocenters. The van der Waals surface area contributed by atoms with Crippen molar-refractivity contribution >= 4 is 0 Å². The average molecular weight is 278 g/mol. The van der Waals surface area contributed by atoms with Gasteiger partial charge >= 0.3 is 0 Å². The van der Waals surface area contributed by atoms with E-state index in [0.717, 1.165) is 44.9 Å².